The Labute approximate surface area is 103 Å². The van der Waals surface area contributed by atoms with Crippen molar-refractivity contribution in [3.63, 3.8) is 0 Å². The Balaban J connectivity index is 2.14. The number of amides is 2. The van der Waals surface area contributed by atoms with Crippen LogP contribution in [0.1, 0.15) is 23.2 Å². The van der Waals surface area contributed by atoms with Crippen LogP contribution in [0.2, 0.25) is 0 Å². The molecular formula is C12H10N2O4. The molecule has 1 saturated heterocycles. The number of hydrogen-bond donors (Lipinski definition) is 0. The van der Waals surface area contributed by atoms with Gasteiger partial charge in [-0.2, -0.15) is 0 Å². The molecule has 6 nitrogen and oxygen atoms in total. The van der Waals surface area contributed by atoms with Gasteiger partial charge in [0.2, 0.25) is 0 Å². The van der Waals surface area contributed by atoms with Crippen molar-refractivity contribution in [2.75, 3.05) is 0 Å². The van der Waals surface area contributed by atoms with Gasteiger partial charge in [0.1, 0.15) is 0 Å². The van der Waals surface area contributed by atoms with Crippen LogP contribution in [0, 0.1) is 0 Å². The number of carbonyl (C=O) groups excluding carboxylic acids is 3. The van der Waals surface area contributed by atoms with E-state index in [2.05, 4.69) is 11.7 Å². The highest BCUT2D eigenvalue weighted by Crippen LogP contribution is 2.17. The van der Waals surface area contributed by atoms with Crippen LogP contribution in [-0.2, 0) is 14.4 Å². The summed E-state index contributed by atoms with van der Waals surface area (Å²) in [6, 6.07) is 6.23. The second-order valence-corrected chi connectivity index (χ2v) is 3.67. The minimum atomic E-state index is -0.774. The molecule has 0 N–H and O–H groups in total. The van der Waals surface area contributed by atoms with Crippen LogP contribution < -0.4 is 0 Å². The maximum Gasteiger partial charge on any atom is 0.363 e. The monoisotopic (exact) mass is 246 g/mol. The maximum absolute atomic E-state index is 11.7. The molecular weight excluding hydrogens is 236 g/mol. The molecule has 1 aliphatic heterocycles. The lowest BCUT2D eigenvalue weighted by Gasteiger charge is -2.12. The molecule has 1 heterocycles. The second-order valence-electron chi connectivity index (χ2n) is 3.67. The van der Waals surface area contributed by atoms with Crippen molar-refractivity contribution >= 4 is 30.2 Å². The number of hydroxylamine groups is 2. The second kappa shape index (κ2) is 4.79. The number of carbonyl (C=O) groups is 3. The van der Waals surface area contributed by atoms with Crippen molar-refractivity contribution in [2.45, 2.75) is 12.8 Å². The van der Waals surface area contributed by atoms with Crippen molar-refractivity contribution < 1.29 is 19.2 Å². The van der Waals surface area contributed by atoms with E-state index in [1.807, 2.05) is 0 Å². The van der Waals surface area contributed by atoms with Crippen LogP contribution in [0.3, 0.4) is 0 Å². The fourth-order valence-corrected chi connectivity index (χ4v) is 1.52. The topological polar surface area (TPSA) is 76.0 Å². The van der Waals surface area contributed by atoms with Crippen molar-refractivity contribution in [1.29, 1.82) is 0 Å². The Morgan fingerprint density at radius 3 is 2.56 bits per heavy atom. The first kappa shape index (κ1) is 12.0. The van der Waals surface area contributed by atoms with Crippen molar-refractivity contribution in [3.05, 3.63) is 29.8 Å². The van der Waals surface area contributed by atoms with Crippen molar-refractivity contribution in [3.8, 4) is 0 Å². The number of aliphatic imine (C=N–C) groups is 1. The number of nitrogens with zero attached hydrogens (tertiary/aromatic N) is 2. The summed E-state index contributed by atoms with van der Waals surface area (Å²) in [7, 11) is 0. The first-order valence-corrected chi connectivity index (χ1v) is 5.26. The maximum atomic E-state index is 11.7. The molecule has 1 aromatic carbocycles. The van der Waals surface area contributed by atoms with Crippen LogP contribution in [-0.4, -0.2) is 29.6 Å². The summed E-state index contributed by atoms with van der Waals surface area (Å²) in [5.74, 6) is -1.79. The zero-order valence-corrected chi connectivity index (χ0v) is 9.46. The predicted molar refractivity (Wildman–Crippen MR) is 62.2 cm³/mol. The zero-order chi connectivity index (χ0) is 13.1. The van der Waals surface area contributed by atoms with Gasteiger partial charge in [-0.15, -0.1) is 5.06 Å². The fourth-order valence-electron chi connectivity index (χ4n) is 1.52. The van der Waals surface area contributed by atoms with Gasteiger partial charge in [0, 0.05) is 12.8 Å². The Bertz CT molecular complexity index is 523. The molecule has 6 heteroatoms. The van der Waals surface area contributed by atoms with Crippen molar-refractivity contribution in [1.82, 2.24) is 5.06 Å². The third-order valence-electron chi connectivity index (χ3n) is 2.44. The van der Waals surface area contributed by atoms with Gasteiger partial charge in [-0.3, -0.25) is 14.6 Å². The normalized spacial score (nSPS) is 14.8. The van der Waals surface area contributed by atoms with Gasteiger partial charge >= 0.3 is 5.97 Å². The number of hydrogen-bond acceptors (Lipinski definition) is 5. The van der Waals surface area contributed by atoms with Gasteiger partial charge in [-0.05, 0) is 24.9 Å². The molecule has 1 aliphatic rings. The molecule has 2 amide bonds. The molecule has 1 aromatic rings. The molecule has 0 aliphatic carbocycles. The first-order chi connectivity index (χ1) is 8.61. The highest BCUT2D eigenvalue weighted by molar-refractivity contribution is 6.02. The van der Waals surface area contributed by atoms with Gasteiger partial charge in [-0.1, -0.05) is 6.07 Å². The largest absolute Gasteiger partial charge is 0.363 e. The van der Waals surface area contributed by atoms with Crippen LogP contribution >= 0.6 is 0 Å². The standard InChI is InChI=1S/C12H10N2O4/c1-13-9-4-2-3-8(7-9)12(17)18-14-10(15)5-6-11(14)16/h2-4,7H,1,5-6H2. The number of rotatable bonds is 3. The van der Waals surface area contributed by atoms with E-state index < -0.39 is 17.8 Å². The van der Waals surface area contributed by atoms with Crippen LogP contribution in [0.5, 0.6) is 0 Å². The lowest BCUT2D eigenvalue weighted by Crippen LogP contribution is -2.32. The third kappa shape index (κ3) is 2.27. The van der Waals surface area contributed by atoms with E-state index in [9.17, 15) is 14.4 Å². The van der Waals surface area contributed by atoms with Crippen LogP contribution in [0.25, 0.3) is 0 Å². The highest BCUT2D eigenvalue weighted by atomic mass is 16.7. The molecule has 1 fully saturated rings. The lowest BCUT2D eigenvalue weighted by molar-refractivity contribution is -0.172. The Hall–Kier alpha value is -2.50. The van der Waals surface area contributed by atoms with Crippen LogP contribution in [0.4, 0.5) is 5.69 Å². The Morgan fingerprint density at radius 1 is 1.28 bits per heavy atom. The number of benzene rings is 1. The summed E-state index contributed by atoms with van der Waals surface area (Å²) in [6.07, 6.45) is 0.140. The molecule has 0 spiro atoms. The highest BCUT2D eigenvalue weighted by Gasteiger charge is 2.33. The van der Waals surface area contributed by atoms with E-state index >= 15 is 0 Å². The Kier molecular flexibility index (Phi) is 3.18. The summed E-state index contributed by atoms with van der Waals surface area (Å²) in [4.78, 5) is 42.7. The van der Waals surface area contributed by atoms with E-state index in [-0.39, 0.29) is 18.4 Å². The van der Waals surface area contributed by atoms with E-state index in [0.29, 0.717) is 10.8 Å². The van der Waals surface area contributed by atoms with Gasteiger partial charge < -0.3 is 4.84 Å². The predicted octanol–water partition coefficient (Wildman–Crippen LogP) is 1.24. The molecule has 0 saturated carbocycles. The van der Waals surface area contributed by atoms with E-state index in [0.717, 1.165) is 0 Å². The molecule has 2 rings (SSSR count). The SMILES string of the molecule is C=Nc1cccc(C(=O)ON2C(=O)CCC2=O)c1. The first-order valence-electron chi connectivity index (χ1n) is 5.26. The lowest BCUT2D eigenvalue weighted by atomic mass is 10.2. The van der Waals surface area contributed by atoms with Crippen LogP contribution in [0.15, 0.2) is 29.3 Å². The van der Waals surface area contributed by atoms with E-state index in [1.54, 1.807) is 12.1 Å². The summed E-state index contributed by atoms with van der Waals surface area (Å²) >= 11 is 0. The van der Waals surface area contributed by atoms with Crippen molar-refractivity contribution in [2.24, 2.45) is 4.99 Å². The molecule has 0 unspecified atom stereocenters. The summed E-state index contributed by atoms with van der Waals surface area (Å²) in [5.41, 5.74) is 0.705. The molecule has 92 valence electrons. The minimum Gasteiger partial charge on any atom is -0.325 e. The molecule has 18 heavy (non-hydrogen) atoms. The fraction of sp³-hybridized carbons (Fsp3) is 0.167. The van der Waals surface area contributed by atoms with E-state index in [1.165, 1.54) is 12.1 Å². The quantitative estimate of drug-likeness (QED) is 0.594. The molecule has 0 radical (unpaired) electrons. The average Bonchev–Trinajstić information content (AvgIpc) is 2.70. The summed E-state index contributed by atoms with van der Waals surface area (Å²) in [5, 5.41) is 0.510. The van der Waals surface area contributed by atoms with Gasteiger partial charge in [0.25, 0.3) is 11.8 Å². The average molecular weight is 246 g/mol. The molecule has 0 aromatic heterocycles. The third-order valence-corrected chi connectivity index (χ3v) is 2.44. The smallest absolute Gasteiger partial charge is 0.325 e. The summed E-state index contributed by atoms with van der Waals surface area (Å²) < 4.78 is 0. The summed E-state index contributed by atoms with van der Waals surface area (Å²) in [6.45, 7) is 3.34. The van der Waals surface area contributed by atoms with E-state index in [4.69, 9.17) is 4.84 Å². The van der Waals surface area contributed by atoms with Gasteiger partial charge in [0.05, 0.1) is 11.3 Å². The molecule has 0 atom stereocenters. The Morgan fingerprint density at radius 2 is 1.94 bits per heavy atom. The zero-order valence-electron chi connectivity index (χ0n) is 9.46. The van der Waals surface area contributed by atoms with Gasteiger partial charge in [0.15, 0.2) is 0 Å². The van der Waals surface area contributed by atoms with Gasteiger partial charge in [-0.25, -0.2) is 4.79 Å². The number of imide groups is 1. The minimum absolute atomic E-state index is 0.0698. The molecule has 0 bridgehead atoms.